The highest BCUT2D eigenvalue weighted by molar-refractivity contribution is 5.87. The molecule has 1 N–H and O–H groups in total. The molecule has 0 aliphatic heterocycles. The van der Waals surface area contributed by atoms with Gasteiger partial charge >= 0.3 is 5.97 Å². The first kappa shape index (κ1) is 15.5. The second-order valence-electron chi connectivity index (χ2n) is 4.76. The molecule has 0 radical (unpaired) electrons. The predicted octanol–water partition coefficient (Wildman–Crippen LogP) is 2.88. The summed E-state index contributed by atoms with van der Waals surface area (Å²) >= 11 is 0. The second-order valence-corrected chi connectivity index (χ2v) is 4.76. The fraction of sp³-hybridized carbons (Fsp3) is 0.533. The molecule has 0 heterocycles. The van der Waals surface area contributed by atoms with Crippen LogP contribution in [-0.4, -0.2) is 41.7 Å². The van der Waals surface area contributed by atoms with Gasteiger partial charge in [0.1, 0.15) is 5.75 Å². The van der Waals surface area contributed by atoms with E-state index in [0.717, 1.165) is 19.5 Å². The van der Waals surface area contributed by atoms with Crippen molar-refractivity contribution in [2.45, 2.75) is 33.2 Å². The molecule has 0 aliphatic rings. The molecule has 0 spiro atoms. The molecule has 0 aromatic heterocycles. The maximum absolute atomic E-state index is 10.8. The molecule has 0 amide bonds. The summed E-state index contributed by atoms with van der Waals surface area (Å²) in [6.07, 6.45) is 0.934. The number of rotatable bonds is 8. The monoisotopic (exact) mass is 265 g/mol. The van der Waals surface area contributed by atoms with Gasteiger partial charge in [-0.05, 0) is 45.0 Å². The molecule has 4 nitrogen and oxygen atoms in total. The lowest BCUT2D eigenvalue weighted by molar-refractivity contribution is 0.0696. The van der Waals surface area contributed by atoms with Gasteiger partial charge in [-0.15, -0.1) is 0 Å². The lowest BCUT2D eigenvalue weighted by Crippen LogP contribution is -2.32. The molecule has 0 atom stereocenters. The molecular formula is C15H23NO3. The Morgan fingerprint density at radius 1 is 1.42 bits per heavy atom. The van der Waals surface area contributed by atoms with E-state index in [9.17, 15) is 4.79 Å². The highest BCUT2D eigenvalue weighted by Crippen LogP contribution is 2.13. The summed E-state index contributed by atoms with van der Waals surface area (Å²) in [4.78, 5) is 13.2. The van der Waals surface area contributed by atoms with Crippen molar-refractivity contribution in [3.63, 3.8) is 0 Å². The van der Waals surface area contributed by atoms with Gasteiger partial charge in [0.15, 0.2) is 0 Å². The number of carbonyl (C=O) groups is 1. The van der Waals surface area contributed by atoms with E-state index in [1.807, 2.05) is 0 Å². The van der Waals surface area contributed by atoms with Gasteiger partial charge in [-0.3, -0.25) is 0 Å². The third-order valence-electron chi connectivity index (χ3n) is 3.08. The van der Waals surface area contributed by atoms with Crippen LogP contribution in [0, 0.1) is 0 Å². The van der Waals surface area contributed by atoms with Gasteiger partial charge in [-0.25, -0.2) is 4.79 Å². The molecule has 0 bridgehead atoms. The molecule has 0 unspecified atom stereocenters. The number of ether oxygens (including phenoxy) is 1. The lowest BCUT2D eigenvalue weighted by atomic mass is 10.2. The van der Waals surface area contributed by atoms with Crippen LogP contribution in [0.25, 0.3) is 0 Å². The minimum atomic E-state index is -0.928. The summed E-state index contributed by atoms with van der Waals surface area (Å²) in [7, 11) is 0. The maximum atomic E-state index is 10.8. The van der Waals surface area contributed by atoms with Crippen LogP contribution in [0.2, 0.25) is 0 Å². The fourth-order valence-corrected chi connectivity index (χ4v) is 1.96. The van der Waals surface area contributed by atoms with Gasteiger partial charge in [0.05, 0.1) is 12.2 Å². The summed E-state index contributed by atoms with van der Waals surface area (Å²) in [6.45, 7) is 9.14. The zero-order valence-electron chi connectivity index (χ0n) is 11.9. The maximum Gasteiger partial charge on any atom is 0.335 e. The Balaban J connectivity index is 2.37. The van der Waals surface area contributed by atoms with Crippen molar-refractivity contribution < 1.29 is 14.6 Å². The lowest BCUT2D eigenvalue weighted by Gasteiger charge is -2.24. The van der Waals surface area contributed by atoms with Crippen molar-refractivity contribution in [3.8, 4) is 5.75 Å². The van der Waals surface area contributed by atoms with E-state index < -0.39 is 5.97 Å². The molecular weight excluding hydrogens is 242 g/mol. The largest absolute Gasteiger partial charge is 0.494 e. The molecule has 0 fully saturated rings. The Morgan fingerprint density at radius 3 is 2.74 bits per heavy atom. The van der Waals surface area contributed by atoms with Crippen LogP contribution in [0.5, 0.6) is 5.75 Å². The van der Waals surface area contributed by atoms with Crippen LogP contribution >= 0.6 is 0 Å². The summed E-state index contributed by atoms with van der Waals surface area (Å²) < 4.78 is 5.58. The summed E-state index contributed by atoms with van der Waals surface area (Å²) in [5.41, 5.74) is 0.259. The van der Waals surface area contributed by atoms with Gasteiger partial charge in [0, 0.05) is 12.6 Å². The van der Waals surface area contributed by atoms with Crippen LogP contribution in [0.3, 0.4) is 0 Å². The molecule has 1 aromatic carbocycles. The van der Waals surface area contributed by atoms with Crippen LogP contribution in [0.15, 0.2) is 24.3 Å². The Kier molecular flexibility index (Phi) is 6.36. The predicted molar refractivity (Wildman–Crippen MR) is 75.9 cm³/mol. The molecule has 4 heteroatoms. The minimum Gasteiger partial charge on any atom is -0.494 e. The molecule has 0 aliphatic carbocycles. The van der Waals surface area contributed by atoms with E-state index >= 15 is 0 Å². The second kappa shape index (κ2) is 7.79. The van der Waals surface area contributed by atoms with E-state index in [1.54, 1.807) is 24.3 Å². The molecule has 0 saturated heterocycles. The van der Waals surface area contributed by atoms with E-state index in [1.165, 1.54) is 0 Å². The van der Waals surface area contributed by atoms with Gasteiger partial charge in [0.2, 0.25) is 0 Å². The standard InChI is InChI=1S/C15H23NO3/c1-4-16(12(2)3)9-6-10-19-14-8-5-7-13(11-14)15(17)18/h5,7-8,11-12H,4,6,9-10H2,1-3H3,(H,17,18). The average molecular weight is 265 g/mol. The highest BCUT2D eigenvalue weighted by Gasteiger charge is 2.07. The molecule has 0 saturated carbocycles. The van der Waals surface area contributed by atoms with E-state index in [4.69, 9.17) is 9.84 Å². The number of nitrogens with zero attached hydrogens (tertiary/aromatic N) is 1. The SMILES string of the molecule is CCN(CCCOc1cccc(C(=O)O)c1)C(C)C. The first-order valence-electron chi connectivity index (χ1n) is 6.74. The van der Waals surface area contributed by atoms with Crippen molar-refractivity contribution in [1.82, 2.24) is 4.90 Å². The van der Waals surface area contributed by atoms with Crippen LogP contribution < -0.4 is 4.74 Å². The van der Waals surface area contributed by atoms with Crippen molar-refractivity contribution in [2.75, 3.05) is 19.7 Å². The summed E-state index contributed by atoms with van der Waals surface area (Å²) in [5.74, 6) is -0.310. The van der Waals surface area contributed by atoms with E-state index in [2.05, 4.69) is 25.7 Å². The Morgan fingerprint density at radius 2 is 2.16 bits per heavy atom. The summed E-state index contributed by atoms with van der Waals surface area (Å²) in [5, 5.41) is 8.88. The van der Waals surface area contributed by atoms with Gasteiger partial charge < -0.3 is 14.7 Å². The van der Waals surface area contributed by atoms with Gasteiger partial charge in [-0.2, -0.15) is 0 Å². The topological polar surface area (TPSA) is 49.8 Å². The Bertz CT molecular complexity index is 404. The number of aromatic carboxylic acids is 1. The molecule has 1 rings (SSSR count). The first-order chi connectivity index (χ1) is 9.04. The zero-order valence-corrected chi connectivity index (χ0v) is 11.9. The van der Waals surface area contributed by atoms with E-state index in [0.29, 0.717) is 18.4 Å². The Hall–Kier alpha value is -1.55. The summed E-state index contributed by atoms with van der Waals surface area (Å²) in [6, 6.07) is 7.15. The fourth-order valence-electron chi connectivity index (χ4n) is 1.96. The number of carboxylic acid groups (broad SMARTS) is 1. The molecule has 1 aromatic rings. The van der Waals surface area contributed by atoms with Crippen LogP contribution in [-0.2, 0) is 0 Å². The number of hydrogen-bond donors (Lipinski definition) is 1. The van der Waals surface area contributed by atoms with Crippen molar-refractivity contribution in [2.24, 2.45) is 0 Å². The third kappa shape index (κ3) is 5.30. The van der Waals surface area contributed by atoms with E-state index in [-0.39, 0.29) is 5.56 Å². The van der Waals surface area contributed by atoms with Gasteiger partial charge in [0.25, 0.3) is 0 Å². The van der Waals surface area contributed by atoms with Crippen LogP contribution in [0.4, 0.5) is 0 Å². The smallest absolute Gasteiger partial charge is 0.335 e. The van der Waals surface area contributed by atoms with Crippen molar-refractivity contribution in [1.29, 1.82) is 0 Å². The van der Waals surface area contributed by atoms with Crippen LogP contribution in [0.1, 0.15) is 37.6 Å². The molecule has 106 valence electrons. The Labute approximate surface area is 115 Å². The minimum absolute atomic E-state index is 0.259. The normalized spacial score (nSPS) is 11.0. The van der Waals surface area contributed by atoms with Crippen molar-refractivity contribution in [3.05, 3.63) is 29.8 Å². The number of carboxylic acids is 1. The zero-order chi connectivity index (χ0) is 14.3. The number of hydrogen-bond acceptors (Lipinski definition) is 3. The first-order valence-corrected chi connectivity index (χ1v) is 6.74. The van der Waals surface area contributed by atoms with Gasteiger partial charge in [-0.1, -0.05) is 13.0 Å². The quantitative estimate of drug-likeness (QED) is 0.734. The number of benzene rings is 1. The third-order valence-corrected chi connectivity index (χ3v) is 3.08. The average Bonchev–Trinajstić information content (AvgIpc) is 2.38. The highest BCUT2D eigenvalue weighted by atomic mass is 16.5. The van der Waals surface area contributed by atoms with Crippen molar-refractivity contribution >= 4 is 5.97 Å². The molecule has 19 heavy (non-hydrogen) atoms.